The number of piperidine rings is 1. The maximum absolute atomic E-state index is 12.4. The van der Waals surface area contributed by atoms with E-state index in [4.69, 9.17) is 0 Å². The molecular formula is C12H15Br2NOS. The first-order valence-electron chi connectivity index (χ1n) is 5.89. The summed E-state index contributed by atoms with van der Waals surface area (Å²) < 4.78 is 1.96. The molecule has 2 rings (SSSR count). The summed E-state index contributed by atoms with van der Waals surface area (Å²) in [7, 11) is 0. The summed E-state index contributed by atoms with van der Waals surface area (Å²) in [6.07, 6.45) is 4.59. The maximum atomic E-state index is 12.4. The van der Waals surface area contributed by atoms with Crippen molar-refractivity contribution in [1.29, 1.82) is 0 Å². The number of carbonyl (C=O) groups is 1. The summed E-state index contributed by atoms with van der Waals surface area (Å²) in [6, 6.07) is 2.34. The van der Waals surface area contributed by atoms with Gasteiger partial charge in [-0.25, -0.2) is 0 Å². The SMILES string of the molecule is CCC1CCCCN1C(=O)c1cc(Br)c(Br)s1. The zero-order chi connectivity index (χ0) is 12.4. The fraction of sp³-hybridized carbons (Fsp3) is 0.583. The molecule has 0 aromatic carbocycles. The van der Waals surface area contributed by atoms with Crippen molar-refractivity contribution in [3.63, 3.8) is 0 Å². The average molecular weight is 381 g/mol. The Balaban J connectivity index is 2.18. The number of thiophene rings is 1. The monoisotopic (exact) mass is 379 g/mol. The second-order valence-corrected chi connectivity index (χ2v) is 7.51. The van der Waals surface area contributed by atoms with Gasteiger partial charge in [0, 0.05) is 17.1 Å². The van der Waals surface area contributed by atoms with E-state index in [-0.39, 0.29) is 5.91 Å². The van der Waals surface area contributed by atoms with Gasteiger partial charge in [-0.3, -0.25) is 4.79 Å². The zero-order valence-corrected chi connectivity index (χ0v) is 13.7. The minimum Gasteiger partial charge on any atom is -0.335 e. The first kappa shape index (κ1) is 13.6. The number of hydrogen-bond donors (Lipinski definition) is 0. The van der Waals surface area contributed by atoms with Crippen LogP contribution in [0.3, 0.4) is 0 Å². The lowest BCUT2D eigenvalue weighted by Crippen LogP contribution is -2.43. The van der Waals surface area contributed by atoms with E-state index in [1.54, 1.807) is 0 Å². The highest BCUT2D eigenvalue weighted by molar-refractivity contribution is 9.13. The summed E-state index contributed by atoms with van der Waals surface area (Å²) in [4.78, 5) is 15.3. The molecule has 1 aromatic heterocycles. The van der Waals surface area contributed by atoms with Crippen LogP contribution in [0.4, 0.5) is 0 Å². The molecule has 1 aliphatic heterocycles. The molecule has 1 aromatic rings. The number of carbonyl (C=O) groups excluding carboxylic acids is 1. The quantitative estimate of drug-likeness (QED) is 0.729. The lowest BCUT2D eigenvalue weighted by molar-refractivity contribution is 0.0613. The predicted molar refractivity (Wildman–Crippen MR) is 78.7 cm³/mol. The predicted octanol–water partition coefficient (Wildman–Crippen LogP) is 4.68. The van der Waals surface area contributed by atoms with Gasteiger partial charge in [0.15, 0.2) is 0 Å². The third-order valence-electron chi connectivity index (χ3n) is 3.22. The van der Waals surface area contributed by atoms with Gasteiger partial charge in [0.2, 0.25) is 0 Å². The molecule has 1 amide bonds. The van der Waals surface area contributed by atoms with Gasteiger partial charge >= 0.3 is 0 Å². The fourth-order valence-electron chi connectivity index (χ4n) is 2.29. The molecule has 17 heavy (non-hydrogen) atoms. The molecule has 1 unspecified atom stereocenters. The highest BCUT2D eigenvalue weighted by Crippen LogP contribution is 2.34. The lowest BCUT2D eigenvalue weighted by atomic mass is 10.00. The van der Waals surface area contributed by atoms with Gasteiger partial charge in [-0.2, -0.15) is 0 Å². The van der Waals surface area contributed by atoms with Crippen molar-refractivity contribution in [3.8, 4) is 0 Å². The Bertz CT molecular complexity index is 399. The van der Waals surface area contributed by atoms with Gasteiger partial charge < -0.3 is 4.90 Å². The number of hydrogen-bond acceptors (Lipinski definition) is 2. The van der Waals surface area contributed by atoms with Crippen molar-refractivity contribution in [2.75, 3.05) is 6.54 Å². The summed E-state index contributed by atoms with van der Waals surface area (Å²) in [5.41, 5.74) is 0. The standard InChI is InChI=1S/C12H15Br2NOS/c1-2-8-5-3-4-6-15(8)12(16)10-7-9(13)11(14)17-10/h7-8H,2-6H2,1H3. The van der Waals surface area contributed by atoms with Crippen molar-refractivity contribution in [2.24, 2.45) is 0 Å². The van der Waals surface area contributed by atoms with Crippen molar-refractivity contribution >= 4 is 49.1 Å². The van der Waals surface area contributed by atoms with Crippen LogP contribution in [0, 0.1) is 0 Å². The molecule has 0 saturated carbocycles. The molecule has 0 N–H and O–H groups in total. The molecule has 1 fully saturated rings. The number of rotatable bonds is 2. The van der Waals surface area contributed by atoms with Crippen molar-refractivity contribution in [2.45, 2.75) is 38.6 Å². The molecular weight excluding hydrogens is 366 g/mol. The van der Waals surface area contributed by atoms with Crippen LogP contribution in [-0.2, 0) is 0 Å². The Morgan fingerprint density at radius 1 is 1.53 bits per heavy atom. The minimum absolute atomic E-state index is 0.188. The third kappa shape index (κ3) is 2.93. The topological polar surface area (TPSA) is 20.3 Å². The van der Waals surface area contributed by atoms with Gasteiger partial charge in [0.1, 0.15) is 0 Å². The molecule has 5 heteroatoms. The summed E-state index contributed by atoms with van der Waals surface area (Å²) >= 11 is 8.38. The van der Waals surface area contributed by atoms with E-state index in [0.717, 1.165) is 38.9 Å². The number of amides is 1. The maximum Gasteiger partial charge on any atom is 0.264 e. The van der Waals surface area contributed by atoms with Crippen LogP contribution in [0.1, 0.15) is 42.3 Å². The van der Waals surface area contributed by atoms with Crippen LogP contribution < -0.4 is 0 Å². The van der Waals surface area contributed by atoms with E-state index in [9.17, 15) is 4.79 Å². The smallest absolute Gasteiger partial charge is 0.264 e. The van der Waals surface area contributed by atoms with Crippen LogP contribution >= 0.6 is 43.2 Å². The van der Waals surface area contributed by atoms with E-state index in [1.165, 1.54) is 17.8 Å². The molecule has 1 saturated heterocycles. The van der Waals surface area contributed by atoms with E-state index in [0.29, 0.717) is 6.04 Å². The second-order valence-electron chi connectivity index (χ2n) is 4.29. The summed E-state index contributed by atoms with van der Waals surface area (Å²) in [5, 5.41) is 0. The fourth-order valence-corrected chi connectivity index (χ4v) is 4.28. The lowest BCUT2D eigenvalue weighted by Gasteiger charge is -2.34. The molecule has 2 nitrogen and oxygen atoms in total. The van der Waals surface area contributed by atoms with Crippen molar-refractivity contribution in [1.82, 2.24) is 4.90 Å². The largest absolute Gasteiger partial charge is 0.335 e. The number of halogens is 2. The molecule has 0 spiro atoms. The number of nitrogens with zero attached hydrogens (tertiary/aromatic N) is 1. The Labute approximate surface area is 123 Å². The van der Waals surface area contributed by atoms with Crippen molar-refractivity contribution < 1.29 is 4.79 Å². The minimum atomic E-state index is 0.188. The molecule has 1 aliphatic rings. The first-order valence-corrected chi connectivity index (χ1v) is 8.29. The van der Waals surface area contributed by atoms with Gasteiger partial charge in [-0.05, 0) is 63.6 Å². The van der Waals surface area contributed by atoms with Crippen LogP contribution in [0.15, 0.2) is 14.3 Å². The van der Waals surface area contributed by atoms with Crippen LogP contribution in [-0.4, -0.2) is 23.4 Å². The average Bonchev–Trinajstić information content (AvgIpc) is 2.68. The highest BCUT2D eigenvalue weighted by atomic mass is 79.9. The Morgan fingerprint density at radius 2 is 2.29 bits per heavy atom. The molecule has 1 atom stereocenters. The van der Waals surface area contributed by atoms with Gasteiger partial charge in [0.05, 0.1) is 8.66 Å². The Kier molecular flexibility index (Phi) is 4.66. The summed E-state index contributed by atoms with van der Waals surface area (Å²) in [5.74, 6) is 0.188. The molecule has 0 bridgehead atoms. The molecule has 0 radical (unpaired) electrons. The van der Waals surface area contributed by atoms with Crippen LogP contribution in [0.5, 0.6) is 0 Å². The third-order valence-corrected chi connectivity index (χ3v) is 6.46. The molecule has 2 heterocycles. The normalized spacial score (nSPS) is 20.6. The highest BCUT2D eigenvalue weighted by Gasteiger charge is 2.27. The summed E-state index contributed by atoms with van der Waals surface area (Å²) in [6.45, 7) is 3.07. The van der Waals surface area contributed by atoms with Gasteiger partial charge in [-0.1, -0.05) is 6.92 Å². The van der Waals surface area contributed by atoms with Crippen LogP contribution in [0.25, 0.3) is 0 Å². The Morgan fingerprint density at radius 3 is 2.88 bits per heavy atom. The number of likely N-dealkylation sites (tertiary alicyclic amines) is 1. The van der Waals surface area contributed by atoms with Crippen molar-refractivity contribution in [3.05, 3.63) is 19.2 Å². The molecule has 94 valence electrons. The second kappa shape index (κ2) is 5.85. The van der Waals surface area contributed by atoms with Crippen LogP contribution in [0.2, 0.25) is 0 Å². The Hall–Kier alpha value is 0.130. The van der Waals surface area contributed by atoms with E-state index < -0.39 is 0 Å². The zero-order valence-electron chi connectivity index (χ0n) is 9.71. The van der Waals surface area contributed by atoms with Gasteiger partial charge in [-0.15, -0.1) is 11.3 Å². The van der Waals surface area contributed by atoms with Gasteiger partial charge in [0.25, 0.3) is 5.91 Å². The van der Waals surface area contributed by atoms with E-state index in [1.807, 2.05) is 11.0 Å². The van der Waals surface area contributed by atoms with E-state index >= 15 is 0 Å². The molecule has 0 aliphatic carbocycles. The first-order chi connectivity index (χ1) is 8.13. The van der Waals surface area contributed by atoms with E-state index in [2.05, 4.69) is 38.8 Å².